The van der Waals surface area contributed by atoms with Crippen molar-refractivity contribution in [1.29, 1.82) is 0 Å². The molecule has 0 amide bonds. The summed E-state index contributed by atoms with van der Waals surface area (Å²) in [6.07, 6.45) is 0. The maximum atomic E-state index is 14.0. The van der Waals surface area contributed by atoms with E-state index in [1.54, 1.807) is 37.3 Å². The molecule has 0 heterocycles. The fourth-order valence-electron chi connectivity index (χ4n) is 1.95. The van der Waals surface area contributed by atoms with Gasteiger partial charge in [0.1, 0.15) is 17.2 Å². The lowest BCUT2D eigenvalue weighted by Gasteiger charge is -2.25. The quantitative estimate of drug-likeness (QED) is 0.928. The molecule has 1 unspecified atom stereocenters. The molecule has 2 rings (SSSR count). The summed E-state index contributed by atoms with van der Waals surface area (Å²) in [4.78, 5) is 0. The third-order valence-corrected chi connectivity index (χ3v) is 3.36. The van der Waals surface area contributed by atoms with Gasteiger partial charge in [-0.15, -0.1) is 0 Å². The smallest absolute Gasteiger partial charge is 0.133 e. The molecule has 100 valence electrons. The SMILES string of the molecule is COc1ccc(C(C)(O)c2ccc(Cl)cc2)c(F)c1. The molecule has 0 saturated carbocycles. The van der Waals surface area contributed by atoms with Crippen LogP contribution in [0.5, 0.6) is 5.75 Å². The van der Waals surface area contributed by atoms with Gasteiger partial charge in [-0.2, -0.15) is 0 Å². The van der Waals surface area contributed by atoms with E-state index in [0.29, 0.717) is 16.3 Å². The van der Waals surface area contributed by atoms with Gasteiger partial charge >= 0.3 is 0 Å². The number of methoxy groups -OCH3 is 1. The Bertz CT molecular complexity index is 579. The zero-order valence-corrected chi connectivity index (χ0v) is 11.4. The second kappa shape index (κ2) is 5.19. The largest absolute Gasteiger partial charge is 0.497 e. The number of hydrogen-bond donors (Lipinski definition) is 1. The third-order valence-electron chi connectivity index (χ3n) is 3.11. The van der Waals surface area contributed by atoms with Crippen molar-refractivity contribution < 1.29 is 14.2 Å². The molecule has 19 heavy (non-hydrogen) atoms. The van der Waals surface area contributed by atoms with Gasteiger partial charge in [0, 0.05) is 16.7 Å². The molecule has 2 aromatic carbocycles. The summed E-state index contributed by atoms with van der Waals surface area (Å²) in [6, 6.07) is 11.0. The number of benzene rings is 2. The Hall–Kier alpha value is -1.58. The molecule has 0 saturated heterocycles. The van der Waals surface area contributed by atoms with Crippen LogP contribution in [0.2, 0.25) is 5.02 Å². The van der Waals surface area contributed by atoms with Crippen molar-refractivity contribution >= 4 is 11.6 Å². The van der Waals surface area contributed by atoms with Crippen LogP contribution in [0.15, 0.2) is 42.5 Å². The Morgan fingerprint density at radius 1 is 1.16 bits per heavy atom. The second-order valence-electron chi connectivity index (χ2n) is 4.42. The number of hydrogen-bond acceptors (Lipinski definition) is 2. The van der Waals surface area contributed by atoms with Crippen molar-refractivity contribution in [2.24, 2.45) is 0 Å². The summed E-state index contributed by atoms with van der Waals surface area (Å²) < 4.78 is 19.0. The normalized spacial score (nSPS) is 13.9. The van der Waals surface area contributed by atoms with E-state index < -0.39 is 11.4 Å². The Kier molecular flexibility index (Phi) is 3.78. The van der Waals surface area contributed by atoms with Gasteiger partial charge in [0.25, 0.3) is 0 Å². The summed E-state index contributed by atoms with van der Waals surface area (Å²) >= 11 is 5.81. The van der Waals surface area contributed by atoms with Crippen LogP contribution in [0.3, 0.4) is 0 Å². The molecule has 1 atom stereocenters. The van der Waals surface area contributed by atoms with E-state index >= 15 is 0 Å². The first-order valence-corrected chi connectivity index (χ1v) is 6.15. The van der Waals surface area contributed by atoms with Gasteiger partial charge in [-0.3, -0.25) is 0 Å². The zero-order valence-electron chi connectivity index (χ0n) is 10.7. The van der Waals surface area contributed by atoms with Crippen molar-refractivity contribution in [2.45, 2.75) is 12.5 Å². The first-order valence-electron chi connectivity index (χ1n) is 5.77. The number of ether oxygens (including phenoxy) is 1. The van der Waals surface area contributed by atoms with Crippen LogP contribution < -0.4 is 4.74 Å². The van der Waals surface area contributed by atoms with E-state index in [1.165, 1.54) is 19.2 Å². The topological polar surface area (TPSA) is 29.5 Å². The Labute approximate surface area is 116 Å². The molecular formula is C15H14ClFO2. The van der Waals surface area contributed by atoms with E-state index in [4.69, 9.17) is 16.3 Å². The van der Waals surface area contributed by atoms with Gasteiger partial charge in [0.05, 0.1) is 7.11 Å². The van der Waals surface area contributed by atoms with E-state index in [2.05, 4.69) is 0 Å². The number of rotatable bonds is 3. The van der Waals surface area contributed by atoms with E-state index in [1.807, 2.05) is 0 Å². The van der Waals surface area contributed by atoms with Crippen molar-refractivity contribution in [3.63, 3.8) is 0 Å². The maximum Gasteiger partial charge on any atom is 0.133 e. The van der Waals surface area contributed by atoms with Crippen molar-refractivity contribution in [3.05, 3.63) is 64.4 Å². The minimum absolute atomic E-state index is 0.190. The van der Waals surface area contributed by atoms with E-state index in [9.17, 15) is 9.50 Å². The Morgan fingerprint density at radius 2 is 1.79 bits per heavy atom. The highest BCUT2D eigenvalue weighted by Gasteiger charge is 2.28. The molecule has 0 radical (unpaired) electrons. The fraction of sp³-hybridized carbons (Fsp3) is 0.200. The minimum Gasteiger partial charge on any atom is -0.497 e. The van der Waals surface area contributed by atoms with Crippen LogP contribution in [0, 0.1) is 5.82 Å². The summed E-state index contributed by atoms with van der Waals surface area (Å²) in [5, 5.41) is 11.1. The molecule has 0 spiro atoms. The van der Waals surface area contributed by atoms with Crippen LogP contribution in [0.1, 0.15) is 18.1 Å². The van der Waals surface area contributed by atoms with Crippen molar-refractivity contribution in [2.75, 3.05) is 7.11 Å². The highest BCUT2D eigenvalue weighted by atomic mass is 35.5. The fourth-order valence-corrected chi connectivity index (χ4v) is 2.07. The highest BCUT2D eigenvalue weighted by Crippen LogP contribution is 2.33. The lowest BCUT2D eigenvalue weighted by Crippen LogP contribution is -2.24. The van der Waals surface area contributed by atoms with Gasteiger partial charge in [0.2, 0.25) is 0 Å². The lowest BCUT2D eigenvalue weighted by atomic mass is 9.88. The van der Waals surface area contributed by atoms with Gasteiger partial charge in [-0.1, -0.05) is 23.7 Å². The average Bonchev–Trinajstić information content (AvgIpc) is 2.38. The van der Waals surface area contributed by atoms with Crippen LogP contribution in [0.25, 0.3) is 0 Å². The Morgan fingerprint density at radius 3 is 2.32 bits per heavy atom. The summed E-state index contributed by atoms with van der Waals surface area (Å²) in [6.45, 7) is 1.54. The molecule has 2 nitrogen and oxygen atoms in total. The van der Waals surface area contributed by atoms with Gasteiger partial charge in [-0.25, -0.2) is 4.39 Å². The summed E-state index contributed by atoms with van der Waals surface area (Å²) in [5.41, 5.74) is -0.669. The molecular weight excluding hydrogens is 267 g/mol. The van der Waals surface area contributed by atoms with Gasteiger partial charge < -0.3 is 9.84 Å². The molecule has 4 heteroatoms. The predicted octanol–water partition coefficient (Wildman–Crippen LogP) is 3.74. The highest BCUT2D eigenvalue weighted by molar-refractivity contribution is 6.30. The lowest BCUT2D eigenvalue weighted by molar-refractivity contribution is 0.0978. The average molecular weight is 281 g/mol. The van der Waals surface area contributed by atoms with Crippen molar-refractivity contribution in [3.8, 4) is 5.75 Å². The molecule has 0 aliphatic rings. The van der Waals surface area contributed by atoms with Gasteiger partial charge in [0.15, 0.2) is 0 Å². The molecule has 0 aliphatic carbocycles. The standard InChI is InChI=1S/C15H14ClFO2/c1-15(18,10-3-5-11(16)6-4-10)13-8-7-12(19-2)9-14(13)17/h3-9,18H,1-2H3. The second-order valence-corrected chi connectivity index (χ2v) is 4.86. The van der Waals surface area contributed by atoms with Crippen LogP contribution in [0.4, 0.5) is 4.39 Å². The first kappa shape index (κ1) is 13.8. The van der Waals surface area contributed by atoms with E-state index in [-0.39, 0.29) is 5.56 Å². The third kappa shape index (κ3) is 2.72. The molecule has 0 fully saturated rings. The molecule has 0 bridgehead atoms. The summed E-state index contributed by atoms with van der Waals surface area (Å²) in [7, 11) is 1.46. The molecule has 1 N–H and O–H groups in total. The summed E-state index contributed by atoms with van der Waals surface area (Å²) in [5.74, 6) is -0.104. The van der Waals surface area contributed by atoms with E-state index in [0.717, 1.165) is 0 Å². The molecule has 0 aliphatic heterocycles. The van der Waals surface area contributed by atoms with Crippen molar-refractivity contribution in [1.82, 2.24) is 0 Å². The van der Waals surface area contributed by atoms with Crippen LogP contribution in [-0.2, 0) is 5.60 Å². The number of halogens is 2. The zero-order chi connectivity index (χ0) is 14.0. The first-order chi connectivity index (χ1) is 8.95. The molecule has 2 aromatic rings. The maximum absolute atomic E-state index is 14.0. The van der Waals surface area contributed by atoms with Gasteiger partial charge in [-0.05, 0) is 36.8 Å². The predicted molar refractivity (Wildman–Crippen MR) is 73.1 cm³/mol. The molecule has 0 aromatic heterocycles. The number of aliphatic hydroxyl groups is 1. The van der Waals surface area contributed by atoms with Crippen LogP contribution in [-0.4, -0.2) is 12.2 Å². The monoisotopic (exact) mass is 280 g/mol. The minimum atomic E-state index is -1.43. The van der Waals surface area contributed by atoms with Crippen LogP contribution >= 0.6 is 11.6 Å². The Balaban J connectivity index is 2.46.